The molecule has 1 saturated heterocycles. The number of carboxylic acid groups (broad SMARTS) is 1. The van der Waals surface area contributed by atoms with Gasteiger partial charge in [0.1, 0.15) is 0 Å². The summed E-state index contributed by atoms with van der Waals surface area (Å²) in [7, 11) is 0. The van der Waals surface area contributed by atoms with E-state index in [2.05, 4.69) is 24.0 Å². The van der Waals surface area contributed by atoms with Crippen LogP contribution in [-0.2, 0) is 4.79 Å². The third-order valence-electron chi connectivity index (χ3n) is 4.16. The van der Waals surface area contributed by atoms with Crippen molar-refractivity contribution in [3.05, 3.63) is 35.4 Å². The molecule has 106 valence electrons. The molecule has 4 heteroatoms. The predicted octanol–water partition coefficient (Wildman–Crippen LogP) is 2.81. The first kappa shape index (κ1) is 14.5. The van der Waals surface area contributed by atoms with Crippen LogP contribution < -0.4 is 0 Å². The number of likely N-dealkylation sites (tertiary alicyclic amines) is 1. The minimum absolute atomic E-state index is 0.272. The molecular weight excluding hydrogens is 252 g/mol. The van der Waals surface area contributed by atoms with Crippen LogP contribution in [0, 0.1) is 17.2 Å². The summed E-state index contributed by atoms with van der Waals surface area (Å²) in [4.78, 5) is 13.1. The highest BCUT2D eigenvalue weighted by atomic mass is 16.4. The van der Waals surface area contributed by atoms with Gasteiger partial charge in [-0.2, -0.15) is 5.26 Å². The van der Waals surface area contributed by atoms with Crippen molar-refractivity contribution in [1.29, 1.82) is 5.26 Å². The van der Waals surface area contributed by atoms with Gasteiger partial charge in [-0.1, -0.05) is 12.1 Å². The molecule has 1 aromatic rings. The number of nitriles is 1. The van der Waals surface area contributed by atoms with Gasteiger partial charge < -0.3 is 5.11 Å². The number of aliphatic carboxylic acids is 1. The van der Waals surface area contributed by atoms with Gasteiger partial charge in [-0.25, -0.2) is 0 Å². The first-order valence-electron chi connectivity index (χ1n) is 7.06. The number of rotatable bonds is 4. The number of carbonyl (C=O) groups is 1. The fourth-order valence-electron chi connectivity index (χ4n) is 2.87. The second-order valence-electron chi connectivity index (χ2n) is 5.49. The van der Waals surface area contributed by atoms with E-state index in [9.17, 15) is 4.79 Å². The zero-order valence-electron chi connectivity index (χ0n) is 11.7. The molecule has 0 spiro atoms. The van der Waals surface area contributed by atoms with Crippen LogP contribution in [0.15, 0.2) is 24.3 Å². The van der Waals surface area contributed by atoms with Crippen molar-refractivity contribution in [3.63, 3.8) is 0 Å². The van der Waals surface area contributed by atoms with Crippen molar-refractivity contribution >= 4 is 5.97 Å². The van der Waals surface area contributed by atoms with Gasteiger partial charge in [-0.05, 0) is 56.5 Å². The molecular formula is C16H20N2O2. The van der Waals surface area contributed by atoms with Gasteiger partial charge in [-0.15, -0.1) is 0 Å². The van der Waals surface area contributed by atoms with E-state index in [1.807, 2.05) is 18.2 Å². The lowest BCUT2D eigenvalue weighted by molar-refractivity contribution is -0.138. The van der Waals surface area contributed by atoms with E-state index in [4.69, 9.17) is 10.4 Å². The number of piperidine rings is 1. The highest BCUT2D eigenvalue weighted by molar-refractivity contribution is 5.67. The Morgan fingerprint density at radius 1 is 1.50 bits per heavy atom. The molecule has 20 heavy (non-hydrogen) atoms. The van der Waals surface area contributed by atoms with E-state index < -0.39 is 5.97 Å². The molecule has 1 fully saturated rings. The van der Waals surface area contributed by atoms with E-state index in [1.165, 1.54) is 0 Å². The van der Waals surface area contributed by atoms with E-state index in [0.29, 0.717) is 11.5 Å². The maximum Gasteiger partial charge on any atom is 0.303 e. The Hall–Kier alpha value is -1.86. The highest BCUT2D eigenvalue weighted by Gasteiger charge is 2.24. The second kappa shape index (κ2) is 6.53. The fraction of sp³-hybridized carbons (Fsp3) is 0.500. The lowest BCUT2D eigenvalue weighted by Crippen LogP contribution is -2.36. The van der Waals surface area contributed by atoms with Crippen molar-refractivity contribution in [2.75, 3.05) is 13.1 Å². The molecule has 0 radical (unpaired) electrons. The number of hydrogen-bond donors (Lipinski definition) is 1. The summed E-state index contributed by atoms with van der Waals surface area (Å²) in [5.41, 5.74) is 1.84. The van der Waals surface area contributed by atoms with Crippen molar-refractivity contribution in [2.45, 2.75) is 32.2 Å². The van der Waals surface area contributed by atoms with Gasteiger partial charge in [-0.3, -0.25) is 9.69 Å². The van der Waals surface area contributed by atoms with Gasteiger partial charge in [0.05, 0.1) is 11.6 Å². The van der Waals surface area contributed by atoms with Gasteiger partial charge in [0.15, 0.2) is 0 Å². The molecule has 0 saturated carbocycles. The lowest BCUT2D eigenvalue weighted by Gasteiger charge is -2.35. The summed E-state index contributed by atoms with van der Waals surface area (Å²) in [6.45, 7) is 4.00. The topological polar surface area (TPSA) is 64.3 Å². The lowest BCUT2D eigenvalue weighted by atomic mass is 9.92. The number of carboxylic acids is 1. The molecule has 0 aromatic heterocycles. The van der Waals surface area contributed by atoms with Crippen molar-refractivity contribution in [2.24, 2.45) is 5.92 Å². The molecule has 2 rings (SSSR count). The van der Waals surface area contributed by atoms with Crippen LogP contribution >= 0.6 is 0 Å². The van der Waals surface area contributed by atoms with Crippen LogP contribution in [0.25, 0.3) is 0 Å². The van der Waals surface area contributed by atoms with Crippen molar-refractivity contribution in [3.8, 4) is 6.07 Å². The quantitative estimate of drug-likeness (QED) is 0.915. The average molecular weight is 272 g/mol. The van der Waals surface area contributed by atoms with Crippen LogP contribution in [0.5, 0.6) is 0 Å². The summed E-state index contributed by atoms with van der Waals surface area (Å²) in [5, 5.41) is 17.8. The maximum atomic E-state index is 10.7. The Kier molecular flexibility index (Phi) is 4.75. The Bertz CT molecular complexity index is 513. The SMILES string of the molecule is CC(c1cccc(C#N)c1)N1CCC(CC(=O)O)CC1. The molecule has 1 N–H and O–H groups in total. The van der Waals surface area contributed by atoms with E-state index in [1.54, 1.807) is 0 Å². The first-order chi connectivity index (χ1) is 9.60. The molecule has 0 aliphatic carbocycles. The van der Waals surface area contributed by atoms with Crippen molar-refractivity contribution in [1.82, 2.24) is 4.90 Å². The van der Waals surface area contributed by atoms with Gasteiger partial charge >= 0.3 is 5.97 Å². The Labute approximate surface area is 119 Å². The normalized spacial score (nSPS) is 18.4. The van der Waals surface area contributed by atoms with Gasteiger partial charge in [0.2, 0.25) is 0 Å². The Balaban J connectivity index is 1.96. The Morgan fingerprint density at radius 3 is 2.80 bits per heavy atom. The van der Waals surface area contributed by atoms with Gasteiger partial charge in [0.25, 0.3) is 0 Å². The van der Waals surface area contributed by atoms with Crippen LogP contribution in [0.1, 0.15) is 43.4 Å². The zero-order valence-corrected chi connectivity index (χ0v) is 11.7. The third-order valence-corrected chi connectivity index (χ3v) is 4.16. The summed E-state index contributed by atoms with van der Waals surface area (Å²) < 4.78 is 0. The summed E-state index contributed by atoms with van der Waals surface area (Å²) >= 11 is 0. The molecule has 1 aromatic carbocycles. The standard InChI is InChI=1S/C16H20N2O2/c1-12(15-4-2-3-14(9-15)11-17)18-7-5-13(6-8-18)10-16(19)20/h2-4,9,12-13H,5-8,10H2,1H3,(H,19,20). The van der Waals surface area contributed by atoms with Crippen molar-refractivity contribution < 1.29 is 9.90 Å². The van der Waals surface area contributed by atoms with E-state index >= 15 is 0 Å². The molecule has 0 bridgehead atoms. The molecule has 1 aliphatic heterocycles. The fourth-order valence-corrected chi connectivity index (χ4v) is 2.87. The van der Waals surface area contributed by atoms with E-state index in [0.717, 1.165) is 31.5 Å². The number of hydrogen-bond acceptors (Lipinski definition) is 3. The molecule has 1 heterocycles. The number of nitrogens with zero attached hydrogens (tertiary/aromatic N) is 2. The Morgan fingerprint density at radius 2 is 2.20 bits per heavy atom. The second-order valence-corrected chi connectivity index (χ2v) is 5.49. The maximum absolute atomic E-state index is 10.7. The van der Waals surface area contributed by atoms with E-state index in [-0.39, 0.29) is 12.5 Å². The third kappa shape index (κ3) is 3.58. The minimum atomic E-state index is -0.696. The molecule has 0 amide bonds. The summed E-state index contributed by atoms with van der Waals surface area (Å²) in [5.74, 6) is -0.389. The molecule has 1 aliphatic rings. The van der Waals surface area contributed by atoms with Crippen LogP contribution in [0.4, 0.5) is 0 Å². The average Bonchev–Trinajstić information content (AvgIpc) is 2.47. The van der Waals surface area contributed by atoms with Crippen LogP contribution in [-0.4, -0.2) is 29.1 Å². The smallest absolute Gasteiger partial charge is 0.303 e. The summed E-state index contributed by atoms with van der Waals surface area (Å²) in [6, 6.07) is 10.2. The predicted molar refractivity (Wildman–Crippen MR) is 76.1 cm³/mol. The van der Waals surface area contributed by atoms with Crippen LogP contribution in [0.3, 0.4) is 0 Å². The minimum Gasteiger partial charge on any atom is -0.481 e. The highest BCUT2D eigenvalue weighted by Crippen LogP contribution is 2.28. The summed E-state index contributed by atoms with van der Waals surface area (Å²) in [6.07, 6.45) is 2.16. The molecule has 4 nitrogen and oxygen atoms in total. The first-order valence-corrected chi connectivity index (χ1v) is 7.06. The van der Waals surface area contributed by atoms with Crippen LogP contribution in [0.2, 0.25) is 0 Å². The monoisotopic (exact) mass is 272 g/mol. The molecule has 1 unspecified atom stereocenters. The zero-order chi connectivity index (χ0) is 14.5. The van der Waals surface area contributed by atoms with Gasteiger partial charge in [0, 0.05) is 12.5 Å². The molecule has 1 atom stereocenters. The largest absolute Gasteiger partial charge is 0.481 e. The number of benzene rings is 1.